The summed E-state index contributed by atoms with van der Waals surface area (Å²) in [6.45, 7) is 0. The molecule has 2 aromatic rings. The lowest BCUT2D eigenvalue weighted by atomic mass is 9.97. The number of thioether (sulfide) groups is 1. The van der Waals surface area contributed by atoms with E-state index in [1.54, 1.807) is 0 Å². The first-order valence-electron chi connectivity index (χ1n) is 9.48. The first kappa shape index (κ1) is 23.5. The van der Waals surface area contributed by atoms with E-state index in [2.05, 4.69) is 20.9 Å². The number of halogens is 5. The summed E-state index contributed by atoms with van der Waals surface area (Å²) < 4.78 is 40.4. The van der Waals surface area contributed by atoms with Gasteiger partial charge in [0.05, 0.1) is 22.0 Å². The predicted octanol–water partition coefficient (Wildman–Crippen LogP) is 4.11. The zero-order valence-corrected chi connectivity index (χ0v) is 18.8. The maximum atomic E-state index is 13.5. The Hall–Kier alpha value is -2.63. The van der Waals surface area contributed by atoms with Gasteiger partial charge in [-0.1, -0.05) is 53.2 Å². The van der Waals surface area contributed by atoms with E-state index >= 15 is 0 Å². The van der Waals surface area contributed by atoms with Crippen LogP contribution in [0.2, 0.25) is 10.2 Å². The fraction of sp³-hybridized carbons (Fsp3) is 0.250. The van der Waals surface area contributed by atoms with E-state index in [-0.39, 0.29) is 38.0 Å². The van der Waals surface area contributed by atoms with Gasteiger partial charge < -0.3 is 21.1 Å². The minimum atomic E-state index is -4.56. The Kier molecular flexibility index (Phi) is 6.14. The normalized spacial score (nSPS) is 16.9. The third-order valence-electron chi connectivity index (χ3n) is 5.13. The number of rotatable bonds is 5. The van der Waals surface area contributed by atoms with Crippen molar-refractivity contribution in [3.05, 3.63) is 68.1 Å². The van der Waals surface area contributed by atoms with Gasteiger partial charge >= 0.3 is 6.18 Å². The zero-order valence-electron chi connectivity index (χ0n) is 16.5. The van der Waals surface area contributed by atoms with Crippen molar-refractivity contribution in [2.24, 2.45) is 0 Å². The van der Waals surface area contributed by atoms with Crippen LogP contribution in [0, 0.1) is 0 Å². The molecule has 4 rings (SSSR count). The second-order valence-electron chi connectivity index (χ2n) is 7.33. The van der Waals surface area contributed by atoms with Crippen LogP contribution in [-0.4, -0.2) is 27.8 Å². The minimum absolute atomic E-state index is 0.000243. The molecular formula is C20H15Cl2F3N4O3S. The molecule has 1 aliphatic heterocycles. The monoisotopic (exact) mass is 518 g/mol. The second-order valence-corrected chi connectivity index (χ2v) is 9.08. The van der Waals surface area contributed by atoms with Crippen LogP contribution in [0.1, 0.15) is 34.5 Å². The molecule has 1 fully saturated rings. The Morgan fingerprint density at radius 1 is 1.18 bits per heavy atom. The molecule has 174 valence electrons. The molecule has 1 aliphatic carbocycles. The molecule has 0 spiro atoms. The number of aromatic hydroxyl groups is 1. The predicted molar refractivity (Wildman–Crippen MR) is 117 cm³/mol. The van der Waals surface area contributed by atoms with Crippen molar-refractivity contribution in [3.8, 4) is 5.75 Å². The van der Waals surface area contributed by atoms with Crippen LogP contribution in [0.5, 0.6) is 5.75 Å². The van der Waals surface area contributed by atoms with Crippen molar-refractivity contribution in [2.75, 3.05) is 5.88 Å². The number of aromatic nitrogens is 1. The molecule has 0 atom stereocenters. The molecule has 0 bridgehead atoms. The van der Waals surface area contributed by atoms with Gasteiger partial charge in [0, 0.05) is 0 Å². The Balaban J connectivity index is 1.56. The molecule has 7 nitrogen and oxygen atoms in total. The van der Waals surface area contributed by atoms with Crippen molar-refractivity contribution in [3.63, 3.8) is 0 Å². The van der Waals surface area contributed by atoms with E-state index in [0.29, 0.717) is 12.8 Å². The number of alkyl halides is 3. The van der Waals surface area contributed by atoms with Crippen molar-refractivity contribution < 1.29 is 27.9 Å². The van der Waals surface area contributed by atoms with Crippen molar-refractivity contribution in [1.82, 2.24) is 20.9 Å². The number of nitrogens with one attached hydrogen (secondary N) is 3. The minimum Gasteiger partial charge on any atom is -0.504 e. The van der Waals surface area contributed by atoms with E-state index in [0.717, 1.165) is 23.9 Å². The highest BCUT2D eigenvalue weighted by atomic mass is 35.5. The average molecular weight is 519 g/mol. The Bertz CT molecular complexity index is 1160. The molecule has 0 saturated heterocycles. The summed E-state index contributed by atoms with van der Waals surface area (Å²) in [6.07, 6.45) is -3.86. The fourth-order valence-corrected chi connectivity index (χ4v) is 4.66. The number of hydrogen-bond acceptors (Lipinski definition) is 6. The Morgan fingerprint density at radius 3 is 2.52 bits per heavy atom. The summed E-state index contributed by atoms with van der Waals surface area (Å²) in [4.78, 5) is 29.2. The summed E-state index contributed by atoms with van der Waals surface area (Å²) >= 11 is 12.7. The molecule has 13 heteroatoms. The van der Waals surface area contributed by atoms with E-state index in [1.807, 2.05) is 0 Å². The van der Waals surface area contributed by atoms with Gasteiger partial charge in [-0.3, -0.25) is 9.59 Å². The molecular weight excluding hydrogens is 504 g/mol. The van der Waals surface area contributed by atoms with Gasteiger partial charge in [-0.15, -0.1) is 0 Å². The van der Waals surface area contributed by atoms with Crippen LogP contribution in [0.25, 0.3) is 0 Å². The number of benzene rings is 1. The molecule has 0 radical (unpaired) electrons. The summed E-state index contributed by atoms with van der Waals surface area (Å²) in [5.74, 6) is -1.60. The summed E-state index contributed by atoms with van der Waals surface area (Å²) in [5.41, 5.74) is -2.12. The molecule has 2 aliphatic rings. The van der Waals surface area contributed by atoms with Gasteiger partial charge in [-0.05, 0) is 30.5 Å². The van der Waals surface area contributed by atoms with Crippen LogP contribution in [0.4, 0.5) is 13.2 Å². The smallest absolute Gasteiger partial charge is 0.416 e. The largest absolute Gasteiger partial charge is 0.504 e. The van der Waals surface area contributed by atoms with Crippen LogP contribution >= 0.6 is 35.0 Å². The van der Waals surface area contributed by atoms with E-state index in [4.69, 9.17) is 23.2 Å². The average Bonchev–Trinajstić information content (AvgIpc) is 3.39. The Labute approximate surface area is 199 Å². The van der Waals surface area contributed by atoms with Crippen molar-refractivity contribution in [1.29, 1.82) is 0 Å². The van der Waals surface area contributed by atoms with Crippen LogP contribution in [-0.2, 0) is 16.5 Å². The highest BCUT2D eigenvalue weighted by Crippen LogP contribution is 2.50. The first-order chi connectivity index (χ1) is 15.5. The number of hydrogen-bond donors (Lipinski definition) is 4. The maximum absolute atomic E-state index is 13.5. The lowest BCUT2D eigenvalue weighted by molar-refractivity contribution is -0.139. The summed E-state index contributed by atoms with van der Waals surface area (Å²) in [5, 5.41) is 17.2. The maximum Gasteiger partial charge on any atom is 0.416 e. The third kappa shape index (κ3) is 4.71. The van der Waals surface area contributed by atoms with Crippen molar-refractivity contribution in [2.45, 2.75) is 24.6 Å². The number of carbonyl (C=O) groups is 2. The molecule has 0 unspecified atom stereocenters. The van der Waals surface area contributed by atoms with Gasteiger partial charge in [0.1, 0.15) is 16.4 Å². The first-order valence-corrected chi connectivity index (χ1v) is 11.2. The van der Waals surface area contributed by atoms with Gasteiger partial charge in [-0.25, -0.2) is 4.98 Å². The lowest BCUT2D eigenvalue weighted by Crippen LogP contribution is -2.40. The molecule has 2 amide bonds. The Morgan fingerprint density at radius 2 is 1.88 bits per heavy atom. The van der Waals surface area contributed by atoms with E-state index < -0.39 is 34.8 Å². The summed E-state index contributed by atoms with van der Waals surface area (Å²) in [6, 6.07) is 6.24. The lowest BCUT2D eigenvalue weighted by Gasteiger charge is -2.23. The highest BCUT2D eigenvalue weighted by Gasteiger charge is 2.50. The molecule has 2 heterocycles. The molecule has 1 aromatic heterocycles. The van der Waals surface area contributed by atoms with E-state index in [9.17, 15) is 27.9 Å². The van der Waals surface area contributed by atoms with Crippen LogP contribution < -0.4 is 16.0 Å². The third-order valence-corrected chi connectivity index (χ3v) is 6.57. The van der Waals surface area contributed by atoms with Crippen molar-refractivity contribution >= 4 is 46.8 Å². The number of pyridine rings is 1. The number of nitrogens with zero attached hydrogens (tertiary/aromatic N) is 1. The molecule has 1 aromatic carbocycles. The molecule has 4 N–H and O–H groups in total. The molecule has 33 heavy (non-hydrogen) atoms. The quantitative estimate of drug-likeness (QED) is 0.444. The van der Waals surface area contributed by atoms with Gasteiger partial charge in [0.15, 0.2) is 10.9 Å². The second kappa shape index (κ2) is 8.62. The van der Waals surface area contributed by atoms with Gasteiger partial charge in [0.25, 0.3) is 11.8 Å². The van der Waals surface area contributed by atoms with E-state index in [1.165, 1.54) is 18.2 Å². The number of amides is 2. The summed E-state index contributed by atoms with van der Waals surface area (Å²) in [7, 11) is 0. The fourth-order valence-electron chi connectivity index (χ4n) is 3.39. The van der Waals surface area contributed by atoms with Gasteiger partial charge in [-0.2, -0.15) is 13.2 Å². The zero-order chi connectivity index (χ0) is 24.0. The molecule has 1 saturated carbocycles. The number of carbonyl (C=O) groups excluding carboxylic acids is 2. The highest BCUT2D eigenvalue weighted by molar-refractivity contribution is 8.03. The standard InChI is InChI=1S/C20H15Cl2F3N4O3S/c21-11-7-12(27-15(22)14(11)30)16(31)28-18-13(26-8-33-18)17(32)29-19(5-6-19)9-3-1-2-4-10(9)20(23,24)25/h1-4,7,26,30H,5-6,8H2,(H,28,31)(H,29,32). The van der Waals surface area contributed by atoms with Crippen LogP contribution in [0.3, 0.4) is 0 Å². The van der Waals surface area contributed by atoms with Gasteiger partial charge in [0.2, 0.25) is 0 Å². The topological polar surface area (TPSA) is 103 Å². The SMILES string of the molecule is O=C(NC1(c2ccccc2C(F)(F)F)CC1)C1=C(NC(=O)c2cc(Cl)c(O)c(Cl)n2)SCN1. The van der Waals surface area contributed by atoms with Crippen LogP contribution in [0.15, 0.2) is 41.1 Å².